The van der Waals surface area contributed by atoms with Crippen LogP contribution in [-0.2, 0) is 15.9 Å². The third-order valence-corrected chi connectivity index (χ3v) is 3.91. The normalized spacial score (nSPS) is 20.8. The van der Waals surface area contributed by atoms with Crippen LogP contribution in [0.5, 0.6) is 5.75 Å². The Labute approximate surface area is 115 Å². The molecule has 5 heteroatoms. The molecule has 19 heavy (non-hydrogen) atoms. The first kappa shape index (κ1) is 14.4. The van der Waals surface area contributed by atoms with Crippen molar-refractivity contribution in [1.29, 1.82) is 0 Å². The van der Waals surface area contributed by atoms with E-state index in [1.165, 1.54) is 0 Å². The molecule has 1 heterocycles. The van der Waals surface area contributed by atoms with E-state index >= 15 is 0 Å². The van der Waals surface area contributed by atoms with Crippen molar-refractivity contribution in [2.75, 3.05) is 7.05 Å². The molecule has 1 aromatic rings. The van der Waals surface area contributed by atoms with Crippen molar-refractivity contribution >= 4 is 12.6 Å². The van der Waals surface area contributed by atoms with E-state index in [1.807, 2.05) is 40.8 Å². The first-order chi connectivity index (χ1) is 8.75. The first-order valence-corrected chi connectivity index (χ1v) is 6.58. The maximum absolute atomic E-state index is 9.80. The number of benzene rings is 1. The van der Waals surface area contributed by atoms with E-state index in [1.54, 1.807) is 12.1 Å². The van der Waals surface area contributed by atoms with Gasteiger partial charge in [0.15, 0.2) is 0 Å². The SMILES string of the molecule is CNCc1cc(O)cc(B2OC(C)(C)C(C)(C)O2)c1. The second-order valence-electron chi connectivity index (χ2n) is 6.05. The molecule has 1 aliphatic rings. The van der Waals surface area contributed by atoms with Gasteiger partial charge in [-0.25, -0.2) is 0 Å². The van der Waals surface area contributed by atoms with Crippen LogP contribution in [0.2, 0.25) is 0 Å². The summed E-state index contributed by atoms with van der Waals surface area (Å²) in [6.07, 6.45) is 0. The second-order valence-corrected chi connectivity index (χ2v) is 6.05. The van der Waals surface area contributed by atoms with Crippen molar-refractivity contribution in [3.8, 4) is 5.75 Å². The molecule has 0 unspecified atom stereocenters. The number of phenols is 1. The van der Waals surface area contributed by atoms with Crippen molar-refractivity contribution in [3.63, 3.8) is 0 Å². The van der Waals surface area contributed by atoms with E-state index in [-0.39, 0.29) is 17.0 Å². The Morgan fingerprint density at radius 2 is 1.68 bits per heavy atom. The summed E-state index contributed by atoms with van der Waals surface area (Å²) in [4.78, 5) is 0. The highest BCUT2D eigenvalue weighted by molar-refractivity contribution is 6.62. The zero-order chi connectivity index (χ0) is 14.3. The molecular weight excluding hydrogens is 241 g/mol. The molecule has 2 N–H and O–H groups in total. The minimum absolute atomic E-state index is 0.234. The van der Waals surface area contributed by atoms with Crippen LogP contribution < -0.4 is 10.8 Å². The molecule has 1 fully saturated rings. The number of aromatic hydroxyl groups is 1. The predicted octanol–water partition coefficient (Wildman–Crippen LogP) is 1.41. The van der Waals surface area contributed by atoms with Crippen molar-refractivity contribution in [3.05, 3.63) is 23.8 Å². The molecular formula is C14H22BNO3. The standard InChI is InChI=1S/C14H22BNO3/c1-13(2)14(3,4)19-15(18-13)11-6-10(9-16-5)7-12(17)8-11/h6-8,16-17H,9H2,1-5H3. The molecule has 0 amide bonds. The minimum atomic E-state index is -0.437. The van der Waals surface area contributed by atoms with Crippen LogP contribution in [0.4, 0.5) is 0 Å². The summed E-state index contributed by atoms with van der Waals surface area (Å²) >= 11 is 0. The van der Waals surface area contributed by atoms with Gasteiger partial charge in [-0.2, -0.15) is 0 Å². The molecule has 1 saturated heterocycles. The highest BCUT2D eigenvalue weighted by Crippen LogP contribution is 2.36. The van der Waals surface area contributed by atoms with Crippen LogP contribution in [-0.4, -0.2) is 30.5 Å². The van der Waals surface area contributed by atoms with E-state index in [0.29, 0.717) is 6.54 Å². The smallest absolute Gasteiger partial charge is 0.494 e. The molecule has 0 spiro atoms. The second kappa shape index (κ2) is 4.82. The van der Waals surface area contributed by atoms with Gasteiger partial charge in [0.1, 0.15) is 5.75 Å². The summed E-state index contributed by atoms with van der Waals surface area (Å²) in [6, 6.07) is 5.44. The summed E-state index contributed by atoms with van der Waals surface area (Å²) in [5.74, 6) is 0.234. The monoisotopic (exact) mass is 263 g/mol. The first-order valence-electron chi connectivity index (χ1n) is 6.58. The van der Waals surface area contributed by atoms with E-state index in [0.717, 1.165) is 11.0 Å². The van der Waals surface area contributed by atoms with Gasteiger partial charge in [0, 0.05) is 6.54 Å². The Morgan fingerprint density at radius 1 is 1.11 bits per heavy atom. The summed E-state index contributed by atoms with van der Waals surface area (Å²) < 4.78 is 12.0. The van der Waals surface area contributed by atoms with Crippen LogP contribution in [0, 0.1) is 0 Å². The van der Waals surface area contributed by atoms with E-state index in [9.17, 15) is 5.11 Å². The third kappa shape index (κ3) is 2.78. The summed E-state index contributed by atoms with van der Waals surface area (Å²) in [5.41, 5.74) is 1.12. The Kier molecular flexibility index (Phi) is 3.64. The van der Waals surface area contributed by atoms with E-state index in [2.05, 4.69) is 5.32 Å². The molecule has 4 nitrogen and oxygen atoms in total. The largest absolute Gasteiger partial charge is 0.508 e. The molecule has 104 valence electrons. The van der Waals surface area contributed by atoms with Crippen molar-refractivity contribution in [1.82, 2.24) is 5.32 Å². The Hall–Kier alpha value is -1.04. The fourth-order valence-electron chi connectivity index (χ4n) is 2.12. The van der Waals surface area contributed by atoms with Gasteiger partial charge in [0.25, 0.3) is 0 Å². The van der Waals surface area contributed by atoms with Crippen LogP contribution in [0.15, 0.2) is 18.2 Å². The Morgan fingerprint density at radius 3 is 2.21 bits per heavy atom. The number of nitrogens with one attached hydrogen (secondary N) is 1. The maximum atomic E-state index is 9.80. The van der Waals surface area contributed by atoms with Gasteiger partial charge in [0.05, 0.1) is 11.2 Å². The fourth-order valence-corrected chi connectivity index (χ4v) is 2.12. The molecule has 0 bridgehead atoms. The van der Waals surface area contributed by atoms with Crippen molar-refractivity contribution in [2.24, 2.45) is 0 Å². The fraction of sp³-hybridized carbons (Fsp3) is 0.571. The number of rotatable bonds is 3. The Balaban J connectivity index is 2.29. The minimum Gasteiger partial charge on any atom is -0.508 e. The number of phenolic OH excluding ortho intramolecular Hbond substituents is 1. The van der Waals surface area contributed by atoms with Gasteiger partial charge in [-0.05, 0) is 57.9 Å². The number of hydrogen-bond donors (Lipinski definition) is 2. The highest BCUT2D eigenvalue weighted by atomic mass is 16.7. The quantitative estimate of drug-likeness (QED) is 0.809. The van der Waals surface area contributed by atoms with Crippen molar-refractivity contribution < 1.29 is 14.4 Å². The lowest BCUT2D eigenvalue weighted by atomic mass is 9.78. The van der Waals surface area contributed by atoms with Crippen LogP contribution in [0.25, 0.3) is 0 Å². The van der Waals surface area contributed by atoms with Crippen LogP contribution in [0.3, 0.4) is 0 Å². The van der Waals surface area contributed by atoms with Gasteiger partial charge in [0.2, 0.25) is 0 Å². The molecule has 0 radical (unpaired) electrons. The van der Waals surface area contributed by atoms with Crippen molar-refractivity contribution in [2.45, 2.75) is 45.4 Å². The lowest BCUT2D eigenvalue weighted by molar-refractivity contribution is 0.00578. The third-order valence-electron chi connectivity index (χ3n) is 3.91. The molecule has 0 saturated carbocycles. The molecule has 1 aliphatic heterocycles. The average molecular weight is 263 g/mol. The van der Waals surface area contributed by atoms with Crippen LogP contribution >= 0.6 is 0 Å². The lowest BCUT2D eigenvalue weighted by Crippen LogP contribution is -2.41. The summed E-state index contributed by atoms with van der Waals surface area (Å²) in [5, 5.41) is 12.9. The van der Waals surface area contributed by atoms with E-state index < -0.39 is 7.12 Å². The van der Waals surface area contributed by atoms with Gasteiger partial charge in [-0.15, -0.1) is 0 Å². The molecule has 0 aliphatic carbocycles. The van der Waals surface area contributed by atoms with E-state index in [4.69, 9.17) is 9.31 Å². The van der Waals surface area contributed by atoms with Gasteiger partial charge >= 0.3 is 7.12 Å². The molecule has 0 atom stereocenters. The van der Waals surface area contributed by atoms with Gasteiger partial charge in [-0.1, -0.05) is 6.07 Å². The number of hydrogen-bond acceptors (Lipinski definition) is 4. The zero-order valence-electron chi connectivity index (χ0n) is 12.3. The Bertz CT molecular complexity index is 458. The average Bonchev–Trinajstić information content (AvgIpc) is 2.48. The molecule has 1 aromatic carbocycles. The topological polar surface area (TPSA) is 50.7 Å². The molecule has 0 aromatic heterocycles. The summed E-state index contributed by atoms with van der Waals surface area (Å²) in [7, 11) is 1.44. The van der Waals surface area contributed by atoms with Crippen LogP contribution in [0.1, 0.15) is 33.3 Å². The summed E-state index contributed by atoms with van der Waals surface area (Å²) in [6.45, 7) is 8.77. The molecule has 2 rings (SSSR count). The van der Waals surface area contributed by atoms with Gasteiger partial charge in [-0.3, -0.25) is 0 Å². The zero-order valence-corrected chi connectivity index (χ0v) is 12.3. The maximum Gasteiger partial charge on any atom is 0.494 e. The highest BCUT2D eigenvalue weighted by Gasteiger charge is 2.51. The lowest BCUT2D eigenvalue weighted by Gasteiger charge is -2.32. The van der Waals surface area contributed by atoms with Gasteiger partial charge < -0.3 is 19.7 Å². The predicted molar refractivity (Wildman–Crippen MR) is 76.6 cm³/mol.